The van der Waals surface area contributed by atoms with E-state index in [-0.39, 0.29) is 35.3 Å². The Balaban J connectivity index is 0.00000144. The molecule has 1 fully saturated rings. The van der Waals surface area contributed by atoms with Crippen molar-refractivity contribution in [3.8, 4) is 5.75 Å². The Morgan fingerprint density at radius 2 is 1.88 bits per heavy atom. The SMILES string of the molecule is [Na+].[O-]c1ccccc1CCCN1CCOCC1. The fourth-order valence-corrected chi connectivity index (χ4v) is 2.03. The van der Waals surface area contributed by atoms with E-state index in [0.29, 0.717) is 0 Å². The van der Waals surface area contributed by atoms with Crippen LogP contribution in [0.5, 0.6) is 5.75 Å². The molecular weight excluding hydrogens is 225 g/mol. The number of morpholine rings is 1. The number of ether oxygens (including phenoxy) is 1. The largest absolute Gasteiger partial charge is 1.00 e. The summed E-state index contributed by atoms with van der Waals surface area (Å²) in [5, 5.41) is 11.5. The van der Waals surface area contributed by atoms with Crippen LogP contribution in [0.1, 0.15) is 12.0 Å². The molecule has 1 saturated heterocycles. The fraction of sp³-hybridized carbons (Fsp3) is 0.538. The summed E-state index contributed by atoms with van der Waals surface area (Å²) in [4.78, 5) is 2.40. The zero-order valence-corrected chi connectivity index (χ0v) is 12.5. The van der Waals surface area contributed by atoms with E-state index in [1.165, 1.54) is 0 Å². The third-order valence-electron chi connectivity index (χ3n) is 3.00. The Kier molecular flexibility index (Phi) is 7.16. The smallest absolute Gasteiger partial charge is 0.872 e. The van der Waals surface area contributed by atoms with Gasteiger partial charge in [0.15, 0.2) is 0 Å². The molecule has 0 unspecified atom stereocenters. The Labute approximate surface area is 125 Å². The maximum absolute atomic E-state index is 11.5. The minimum atomic E-state index is 0. The third-order valence-corrected chi connectivity index (χ3v) is 3.00. The molecule has 17 heavy (non-hydrogen) atoms. The number of benzene rings is 1. The summed E-state index contributed by atoms with van der Waals surface area (Å²) in [6.07, 6.45) is 1.94. The summed E-state index contributed by atoms with van der Waals surface area (Å²) in [7, 11) is 0. The maximum Gasteiger partial charge on any atom is 1.00 e. The summed E-state index contributed by atoms with van der Waals surface area (Å²) in [6.45, 7) is 4.81. The Morgan fingerprint density at radius 3 is 2.59 bits per heavy atom. The summed E-state index contributed by atoms with van der Waals surface area (Å²) in [5.41, 5.74) is 0.941. The molecular formula is C13H18NNaO2. The molecule has 1 aromatic carbocycles. The third kappa shape index (κ3) is 4.98. The second-order valence-electron chi connectivity index (χ2n) is 4.17. The van der Waals surface area contributed by atoms with Crippen LogP contribution in [0.15, 0.2) is 24.3 Å². The fourth-order valence-electron chi connectivity index (χ4n) is 2.03. The molecule has 0 bridgehead atoms. The van der Waals surface area contributed by atoms with Crippen molar-refractivity contribution in [3.63, 3.8) is 0 Å². The second-order valence-corrected chi connectivity index (χ2v) is 4.17. The molecule has 0 amide bonds. The molecule has 0 N–H and O–H groups in total. The van der Waals surface area contributed by atoms with Gasteiger partial charge in [0.05, 0.1) is 13.2 Å². The number of aryl methyl sites for hydroxylation is 1. The molecule has 2 rings (SSSR count). The Hall–Kier alpha value is -0.0600. The van der Waals surface area contributed by atoms with Gasteiger partial charge in [0.25, 0.3) is 0 Å². The first-order chi connectivity index (χ1) is 7.86. The summed E-state index contributed by atoms with van der Waals surface area (Å²) in [5.74, 6) is 0.171. The van der Waals surface area contributed by atoms with Crippen molar-refractivity contribution >= 4 is 0 Å². The standard InChI is InChI=1S/C13H19NO2.Na/c15-13-6-2-1-4-12(13)5-3-7-14-8-10-16-11-9-14;/h1-2,4,6,15H,3,5,7-11H2;/q;+1/p-1. The van der Waals surface area contributed by atoms with Gasteiger partial charge >= 0.3 is 29.6 Å². The topological polar surface area (TPSA) is 35.5 Å². The first kappa shape index (κ1) is 15.0. The van der Waals surface area contributed by atoms with E-state index < -0.39 is 0 Å². The second kappa shape index (κ2) is 8.11. The molecule has 1 heterocycles. The molecule has 0 aliphatic carbocycles. The quantitative estimate of drug-likeness (QED) is 0.576. The van der Waals surface area contributed by atoms with Crippen LogP contribution in [-0.2, 0) is 11.2 Å². The van der Waals surface area contributed by atoms with Crippen LogP contribution < -0.4 is 34.7 Å². The molecule has 0 aromatic heterocycles. The van der Waals surface area contributed by atoms with E-state index in [9.17, 15) is 5.11 Å². The minimum absolute atomic E-state index is 0. The van der Waals surface area contributed by atoms with Crippen molar-refractivity contribution in [2.24, 2.45) is 0 Å². The van der Waals surface area contributed by atoms with Crippen LogP contribution in [0, 0.1) is 0 Å². The van der Waals surface area contributed by atoms with Gasteiger partial charge in [-0.05, 0) is 19.4 Å². The van der Waals surface area contributed by atoms with Crippen molar-refractivity contribution in [2.75, 3.05) is 32.8 Å². The van der Waals surface area contributed by atoms with Gasteiger partial charge in [0.2, 0.25) is 0 Å². The average molecular weight is 243 g/mol. The van der Waals surface area contributed by atoms with E-state index in [4.69, 9.17) is 4.74 Å². The monoisotopic (exact) mass is 243 g/mol. The van der Waals surface area contributed by atoms with E-state index in [1.807, 2.05) is 12.1 Å². The van der Waals surface area contributed by atoms with Crippen LogP contribution in [0.25, 0.3) is 0 Å². The first-order valence-corrected chi connectivity index (χ1v) is 5.91. The van der Waals surface area contributed by atoms with Crippen molar-refractivity contribution in [1.82, 2.24) is 4.90 Å². The molecule has 88 valence electrons. The molecule has 1 aliphatic heterocycles. The van der Waals surface area contributed by atoms with Crippen molar-refractivity contribution in [3.05, 3.63) is 29.8 Å². The molecule has 3 nitrogen and oxygen atoms in total. The van der Waals surface area contributed by atoms with Crippen molar-refractivity contribution in [2.45, 2.75) is 12.8 Å². The van der Waals surface area contributed by atoms with Crippen molar-refractivity contribution in [1.29, 1.82) is 0 Å². The van der Waals surface area contributed by atoms with E-state index in [0.717, 1.165) is 51.3 Å². The predicted octanol–water partition coefficient (Wildman–Crippen LogP) is -1.97. The van der Waals surface area contributed by atoms with Crippen molar-refractivity contribution < 1.29 is 39.4 Å². The molecule has 0 radical (unpaired) electrons. The van der Waals surface area contributed by atoms with E-state index in [1.54, 1.807) is 12.1 Å². The zero-order valence-electron chi connectivity index (χ0n) is 10.5. The maximum atomic E-state index is 11.5. The van der Waals surface area contributed by atoms with Crippen LogP contribution >= 0.6 is 0 Å². The number of hydrogen-bond donors (Lipinski definition) is 0. The van der Waals surface area contributed by atoms with Gasteiger partial charge in [0.1, 0.15) is 0 Å². The summed E-state index contributed by atoms with van der Waals surface area (Å²) >= 11 is 0. The number of para-hydroxylation sites is 1. The zero-order chi connectivity index (χ0) is 11.2. The van der Waals surface area contributed by atoms with Gasteiger partial charge in [-0.3, -0.25) is 4.90 Å². The molecule has 0 spiro atoms. The molecule has 4 heteroatoms. The Bertz CT molecular complexity index is 327. The van der Waals surface area contributed by atoms with Crippen LogP contribution in [0.4, 0.5) is 0 Å². The number of hydrogen-bond acceptors (Lipinski definition) is 3. The van der Waals surface area contributed by atoms with Crippen LogP contribution in [0.2, 0.25) is 0 Å². The van der Waals surface area contributed by atoms with Gasteiger partial charge < -0.3 is 9.84 Å². The van der Waals surface area contributed by atoms with E-state index in [2.05, 4.69) is 4.90 Å². The molecule has 1 aliphatic rings. The van der Waals surface area contributed by atoms with Gasteiger partial charge in [0, 0.05) is 13.1 Å². The number of rotatable bonds is 4. The van der Waals surface area contributed by atoms with Crippen LogP contribution in [-0.4, -0.2) is 37.7 Å². The van der Waals surface area contributed by atoms with E-state index >= 15 is 0 Å². The molecule has 1 aromatic rings. The first-order valence-electron chi connectivity index (χ1n) is 5.91. The molecule has 0 atom stereocenters. The summed E-state index contributed by atoms with van der Waals surface area (Å²) in [6, 6.07) is 7.31. The van der Waals surface area contributed by atoms with Gasteiger partial charge in [-0.15, -0.1) is 5.75 Å². The van der Waals surface area contributed by atoms with Crippen LogP contribution in [0.3, 0.4) is 0 Å². The predicted molar refractivity (Wildman–Crippen MR) is 61.5 cm³/mol. The van der Waals surface area contributed by atoms with Gasteiger partial charge in [-0.2, -0.15) is 0 Å². The summed E-state index contributed by atoms with van der Waals surface area (Å²) < 4.78 is 5.29. The Morgan fingerprint density at radius 1 is 1.18 bits per heavy atom. The van der Waals surface area contributed by atoms with Gasteiger partial charge in [-0.1, -0.05) is 29.8 Å². The number of nitrogens with zero attached hydrogens (tertiary/aromatic N) is 1. The minimum Gasteiger partial charge on any atom is -0.872 e. The molecule has 0 saturated carbocycles. The van der Waals surface area contributed by atoms with Gasteiger partial charge in [-0.25, -0.2) is 0 Å². The normalized spacial score (nSPS) is 16.5. The average Bonchev–Trinajstić information content (AvgIpc) is 2.33.